The van der Waals surface area contributed by atoms with Crippen LogP contribution in [0.3, 0.4) is 0 Å². The molecule has 0 unspecified atom stereocenters. The smallest absolute Gasteiger partial charge is 0.275 e. The molecule has 0 aliphatic heterocycles. The number of anilines is 1. The number of ether oxygens (including phenoxy) is 1. The topological polar surface area (TPSA) is 51.2 Å². The van der Waals surface area contributed by atoms with Gasteiger partial charge in [0.2, 0.25) is 0 Å². The normalized spacial score (nSPS) is 10.5. The highest BCUT2D eigenvalue weighted by atomic mass is 32.1. The van der Waals surface area contributed by atoms with E-state index in [1.807, 2.05) is 32.0 Å². The Hall–Kier alpha value is -2.73. The monoisotopic (exact) mass is 356 g/mol. The molecule has 1 aromatic heterocycles. The van der Waals surface area contributed by atoms with Crippen LogP contribution >= 0.6 is 11.3 Å². The van der Waals surface area contributed by atoms with E-state index in [0.717, 1.165) is 16.8 Å². The summed E-state index contributed by atoms with van der Waals surface area (Å²) in [5.41, 5.74) is 3.17. The van der Waals surface area contributed by atoms with Gasteiger partial charge in [-0.1, -0.05) is 18.2 Å². The number of nitrogens with one attached hydrogen (secondary N) is 1. The largest absolute Gasteiger partial charge is 0.486 e. The molecule has 0 aliphatic carbocycles. The summed E-state index contributed by atoms with van der Waals surface area (Å²) < 4.78 is 18.4. The van der Waals surface area contributed by atoms with Gasteiger partial charge < -0.3 is 10.1 Å². The van der Waals surface area contributed by atoms with Crippen molar-refractivity contribution >= 4 is 22.9 Å². The Morgan fingerprint density at radius 1 is 1.16 bits per heavy atom. The molecular formula is C19H17FN2O2S. The molecule has 1 heterocycles. The summed E-state index contributed by atoms with van der Waals surface area (Å²) in [5.74, 6) is -0.00752. The first-order chi connectivity index (χ1) is 12.0. The van der Waals surface area contributed by atoms with E-state index in [1.165, 1.54) is 23.5 Å². The standard InChI is InChI=1S/C19H17FN2O2S/c1-12-4-3-5-13(2)18(12)22-19(23)16-11-25-17(21-16)10-24-15-8-6-14(20)7-9-15/h3-9,11H,10H2,1-2H3,(H,22,23). The molecule has 1 amide bonds. The number of carbonyl (C=O) groups is 1. The Labute approximate surface area is 149 Å². The predicted octanol–water partition coefficient (Wildman–Crippen LogP) is 4.73. The number of rotatable bonds is 5. The van der Waals surface area contributed by atoms with Gasteiger partial charge in [0, 0.05) is 11.1 Å². The molecule has 0 saturated heterocycles. The van der Waals surface area contributed by atoms with Gasteiger partial charge in [0.1, 0.15) is 28.9 Å². The zero-order chi connectivity index (χ0) is 17.8. The van der Waals surface area contributed by atoms with E-state index in [-0.39, 0.29) is 18.3 Å². The molecule has 4 nitrogen and oxygen atoms in total. The van der Waals surface area contributed by atoms with Gasteiger partial charge in [-0.05, 0) is 49.2 Å². The first-order valence-corrected chi connectivity index (χ1v) is 8.61. The lowest BCUT2D eigenvalue weighted by molar-refractivity contribution is 0.102. The number of thiazole rings is 1. The molecule has 25 heavy (non-hydrogen) atoms. The average molecular weight is 356 g/mol. The highest BCUT2D eigenvalue weighted by molar-refractivity contribution is 7.09. The van der Waals surface area contributed by atoms with Crippen LogP contribution in [0.25, 0.3) is 0 Å². The highest BCUT2D eigenvalue weighted by Gasteiger charge is 2.13. The van der Waals surface area contributed by atoms with Crippen molar-refractivity contribution in [1.29, 1.82) is 0 Å². The van der Waals surface area contributed by atoms with Crippen molar-refractivity contribution in [2.45, 2.75) is 20.5 Å². The third-order valence-electron chi connectivity index (χ3n) is 3.68. The van der Waals surface area contributed by atoms with Gasteiger partial charge in [-0.15, -0.1) is 11.3 Å². The number of aryl methyl sites for hydroxylation is 2. The van der Waals surface area contributed by atoms with Gasteiger partial charge in [0.15, 0.2) is 0 Å². The molecule has 0 fully saturated rings. The van der Waals surface area contributed by atoms with Crippen LogP contribution < -0.4 is 10.1 Å². The van der Waals surface area contributed by atoms with Crippen molar-refractivity contribution in [1.82, 2.24) is 4.98 Å². The molecule has 0 atom stereocenters. The molecule has 0 saturated carbocycles. The second-order valence-corrected chi connectivity index (χ2v) is 6.53. The molecule has 0 aliphatic rings. The highest BCUT2D eigenvalue weighted by Crippen LogP contribution is 2.21. The average Bonchev–Trinajstić information content (AvgIpc) is 3.07. The Morgan fingerprint density at radius 3 is 2.52 bits per heavy atom. The second-order valence-electron chi connectivity index (χ2n) is 5.59. The summed E-state index contributed by atoms with van der Waals surface area (Å²) in [4.78, 5) is 16.7. The van der Waals surface area contributed by atoms with Gasteiger partial charge in [-0.3, -0.25) is 4.79 Å². The number of para-hydroxylation sites is 1. The minimum Gasteiger partial charge on any atom is -0.486 e. The maximum atomic E-state index is 12.9. The fraction of sp³-hybridized carbons (Fsp3) is 0.158. The fourth-order valence-electron chi connectivity index (χ4n) is 2.35. The minimum atomic E-state index is -0.313. The fourth-order valence-corrected chi connectivity index (χ4v) is 3.03. The summed E-state index contributed by atoms with van der Waals surface area (Å²) in [6, 6.07) is 11.6. The summed E-state index contributed by atoms with van der Waals surface area (Å²) in [5, 5.41) is 5.29. The number of amides is 1. The van der Waals surface area contributed by atoms with Crippen molar-refractivity contribution in [3.63, 3.8) is 0 Å². The predicted molar refractivity (Wildman–Crippen MR) is 96.7 cm³/mol. The van der Waals surface area contributed by atoms with E-state index in [0.29, 0.717) is 16.5 Å². The van der Waals surface area contributed by atoms with Gasteiger partial charge >= 0.3 is 0 Å². The SMILES string of the molecule is Cc1cccc(C)c1NC(=O)c1csc(COc2ccc(F)cc2)n1. The Morgan fingerprint density at radius 2 is 1.84 bits per heavy atom. The molecule has 6 heteroatoms. The van der Waals surface area contributed by atoms with Crippen LogP contribution in [-0.2, 0) is 6.61 Å². The van der Waals surface area contributed by atoms with Crippen LogP contribution in [-0.4, -0.2) is 10.9 Å². The molecule has 0 radical (unpaired) electrons. The summed E-state index contributed by atoms with van der Waals surface area (Å²) in [6.07, 6.45) is 0. The second kappa shape index (κ2) is 7.44. The van der Waals surface area contributed by atoms with Crippen LogP contribution in [0.2, 0.25) is 0 Å². The van der Waals surface area contributed by atoms with Crippen LogP contribution in [0.5, 0.6) is 5.75 Å². The molecule has 1 N–H and O–H groups in total. The number of carbonyl (C=O) groups excluding carboxylic acids is 1. The minimum absolute atomic E-state index is 0.229. The Kier molecular flexibility index (Phi) is 5.09. The van der Waals surface area contributed by atoms with Crippen molar-refractivity contribution in [2.75, 3.05) is 5.32 Å². The molecule has 128 valence electrons. The molecule has 3 aromatic rings. The van der Waals surface area contributed by atoms with E-state index in [4.69, 9.17) is 4.74 Å². The molecular weight excluding hydrogens is 339 g/mol. The van der Waals surface area contributed by atoms with Crippen molar-refractivity contribution in [2.24, 2.45) is 0 Å². The van der Waals surface area contributed by atoms with E-state index < -0.39 is 0 Å². The quantitative estimate of drug-likeness (QED) is 0.719. The zero-order valence-electron chi connectivity index (χ0n) is 13.9. The van der Waals surface area contributed by atoms with Gasteiger partial charge in [0.25, 0.3) is 5.91 Å². The van der Waals surface area contributed by atoms with Crippen LogP contribution in [0.4, 0.5) is 10.1 Å². The van der Waals surface area contributed by atoms with Crippen molar-refractivity contribution in [3.05, 3.63) is 75.5 Å². The maximum absolute atomic E-state index is 12.9. The summed E-state index contributed by atoms with van der Waals surface area (Å²) >= 11 is 1.35. The molecule has 3 rings (SSSR count). The first-order valence-electron chi connectivity index (χ1n) is 7.73. The third kappa shape index (κ3) is 4.22. The summed E-state index contributed by atoms with van der Waals surface area (Å²) in [7, 11) is 0. The lowest BCUT2D eigenvalue weighted by Gasteiger charge is -2.10. The van der Waals surface area contributed by atoms with E-state index >= 15 is 0 Å². The number of hydrogen-bond acceptors (Lipinski definition) is 4. The number of benzene rings is 2. The first kappa shape index (κ1) is 17.1. The summed E-state index contributed by atoms with van der Waals surface area (Å²) in [6.45, 7) is 4.13. The third-order valence-corrected chi connectivity index (χ3v) is 4.50. The zero-order valence-corrected chi connectivity index (χ0v) is 14.7. The molecule has 2 aromatic carbocycles. The molecule has 0 bridgehead atoms. The van der Waals surface area contributed by atoms with Crippen molar-refractivity contribution in [3.8, 4) is 5.75 Å². The van der Waals surface area contributed by atoms with Crippen LogP contribution in [0.15, 0.2) is 47.8 Å². The maximum Gasteiger partial charge on any atom is 0.275 e. The van der Waals surface area contributed by atoms with E-state index in [2.05, 4.69) is 10.3 Å². The van der Waals surface area contributed by atoms with Crippen LogP contribution in [0, 0.1) is 19.7 Å². The van der Waals surface area contributed by atoms with Gasteiger partial charge in [-0.2, -0.15) is 0 Å². The van der Waals surface area contributed by atoms with E-state index in [9.17, 15) is 9.18 Å². The number of hydrogen-bond donors (Lipinski definition) is 1. The molecule has 0 spiro atoms. The number of nitrogens with zero attached hydrogens (tertiary/aromatic N) is 1. The van der Waals surface area contributed by atoms with Crippen LogP contribution in [0.1, 0.15) is 26.6 Å². The number of halogens is 1. The number of aromatic nitrogens is 1. The van der Waals surface area contributed by atoms with E-state index in [1.54, 1.807) is 17.5 Å². The van der Waals surface area contributed by atoms with Gasteiger partial charge in [0.05, 0.1) is 0 Å². The lowest BCUT2D eigenvalue weighted by atomic mass is 10.1. The van der Waals surface area contributed by atoms with Crippen molar-refractivity contribution < 1.29 is 13.9 Å². The Balaban J connectivity index is 1.64. The lowest BCUT2D eigenvalue weighted by Crippen LogP contribution is -2.14. The Bertz CT molecular complexity index is 870. The van der Waals surface area contributed by atoms with Gasteiger partial charge in [-0.25, -0.2) is 9.37 Å².